The summed E-state index contributed by atoms with van der Waals surface area (Å²) in [5.74, 6) is 0.815. The standard InChI is InChI=1S/C31H26F3N5O/c1-20-9-6-10-22(17-20)28-27-15-8-16-37(27)29-26(21(2)36-39(29)25-13-4-3-5-14-25)19-38(28)30(40)35-24-12-7-11-23(18-24)31(32,33)34/h3-18,28H,19H2,1-2H3,(H,35,40). The number of nitrogens with zero attached hydrogens (tertiary/aromatic N) is 4. The van der Waals surface area contributed by atoms with Crippen LogP contribution in [-0.4, -0.2) is 25.3 Å². The van der Waals surface area contributed by atoms with E-state index in [0.717, 1.165) is 51.7 Å². The molecule has 2 amide bonds. The minimum atomic E-state index is -4.52. The van der Waals surface area contributed by atoms with Gasteiger partial charge in [-0.2, -0.15) is 18.3 Å². The van der Waals surface area contributed by atoms with E-state index < -0.39 is 23.8 Å². The highest BCUT2D eigenvalue weighted by molar-refractivity contribution is 5.90. The summed E-state index contributed by atoms with van der Waals surface area (Å²) in [6.45, 7) is 4.08. The molecule has 0 fully saturated rings. The minimum Gasteiger partial charge on any atom is -0.308 e. The lowest BCUT2D eigenvalue weighted by Crippen LogP contribution is -2.38. The lowest BCUT2D eigenvalue weighted by molar-refractivity contribution is -0.137. The molecule has 1 atom stereocenters. The summed E-state index contributed by atoms with van der Waals surface area (Å²) >= 11 is 0. The van der Waals surface area contributed by atoms with E-state index in [9.17, 15) is 18.0 Å². The molecule has 0 spiro atoms. The van der Waals surface area contributed by atoms with Crippen molar-refractivity contribution in [2.45, 2.75) is 32.6 Å². The number of rotatable bonds is 3. The maximum absolute atomic E-state index is 14.0. The van der Waals surface area contributed by atoms with E-state index in [1.807, 2.05) is 96.0 Å². The summed E-state index contributed by atoms with van der Waals surface area (Å²) in [4.78, 5) is 15.6. The van der Waals surface area contributed by atoms with E-state index in [0.29, 0.717) is 0 Å². The van der Waals surface area contributed by atoms with Gasteiger partial charge in [0.25, 0.3) is 0 Å². The van der Waals surface area contributed by atoms with E-state index in [2.05, 4.69) is 5.32 Å². The van der Waals surface area contributed by atoms with Crippen LogP contribution in [0.2, 0.25) is 0 Å². The Balaban J connectivity index is 1.51. The van der Waals surface area contributed by atoms with Crippen molar-refractivity contribution in [3.05, 3.63) is 131 Å². The molecule has 1 N–H and O–H groups in total. The number of aryl methyl sites for hydroxylation is 2. The van der Waals surface area contributed by atoms with Crippen LogP contribution in [0.4, 0.5) is 23.7 Å². The third-order valence-electron chi connectivity index (χ3n) is 7.15. The van der Waals surface area contributed by atoms with Crippen molar-refractivity contribution in [2.24, 2.45) is 0 Å². The minimum absolute atomic E-state index is 0.0689. The fourth-order valence-corrected chi connectivity index (χ4v) is 5.31. The molecule has 6 nitrogen and oxygen atoms in total. The summed E-state index contributed by atoms with van der Waals surface area (Å²) in [6.07, 6.45) is -2.57. The fourth-order valence-electron chi connectivity index (χ4n) is 5.31. The van der Waals surface area contributed by atoms with E-state index in [4.69, 9.17) is 5.10 Å². The van der Waals surface area contributed by atoms with Gasteiger partial charge in [0, 0.05) is 17.4 Å². The number of hydrogen-bond acceptors (Lipinski definition) is 2. The van der Waals surface area contributed by atoms with Crippen molar-refractivity contribution >= 4 is 11.7 Å². The van der Waals surface area contributed by atoms with Gasteiger partial charge in [0.15, 0.2) is 0 Å². The molecule has 40 heavy (non-hydrogen) atoms. The second-order valence-corrected chi connectivity index (χ2v) is 9.89. The van der Waals surface area contributed by atoms with Gasteiger partial charge < -0.3 is 14.8 Å². The molecule has 1 aliphatic heterocycles. The molecule has 2 aromatic heterocycles. The Labute approximate surface area is 229 Å². The summed E-state index contributed by atoms with van der Waals surface area (Å²) < 4.78 is 44.1. The zero-order valence-corrected chi connectivity index (χ0v) is 21.9. The number of para-hydroxylation sites is 1. The van der Waals surface area contributed by atoms with Gasteiger partial charge >= 0.3 is 12.2 Å². The molecule has 5 aromatic rings. The highest BCUT2D eigenvalue weighted by Gasteiger charge is 2.36. The van der Waals surface area contributed by atoms with Gasteiger partial charge in [0.2, 0.25) is 0 Å². The van der Waals surface area contributed by atoms with E-state index in [1.165, 1.54) is 12.1 Å². The number of fused-ring (bicyclic) bond motifs is 3. The molecule has 3 heterocycles. The number of nitrogens with one attached hydrogen (secondary N) is 1. The topological polar surface area (TPSA) is 55.1 Å². The second-order valence-electron chi connectivity index (χ2n) is 9.89. The Bertz CT molecular complexity index is 1700. The highest BCUT2D eigenvalue weighted by Crippen LogP contribution is 2.39. The van der Waals surface area contributed by atoms with E-state index in [1.54, 1.807) is 4.90 Å². The summed E-state index contributed by atoms with van der Waals surface area (Å²) in [6, 6.07) is 25.2. The number of carbonyl (C=O) groups excluding carboxylic acids is 1. The van der Waals surface area contributed by atoms with Crippen LogP contribution < -0.4 is 5.32 Å². The number of alkyl halides is 3. The smallest absolute Gasteiger partial charge is 0.308 e. The average Bonchev–Trinajstić information content (AvgIpc) is 3.49. The third-order valence-corrected chi connectivity index (χ3v) is 7.15. The molecule has 1 aliphatic rings. The molecular formula is C31H26F3N5O. The van der Waals surface area contributed by atoms with Gasteiger partial charge in [0.1, 0.15) is 5.82 Å². The van der Waals surface area contributed by atoms with Gasteiger partial charge in [0.05, 0.1) is 35.2 Å². The Hall–Kier alpha value is -4.79. The Kier molecular flexibility index (Phi) is 6.21. The number of halogens is 3. The van der Waals surface area contributed by atoms with Gasteiger partial charge in [-0.3, -0.25) is 0 Å². The van der Waals surface area contributed by atoms with Crippen LogP contribution >= 0.6 is 0 Å². The van der Waals surface area contributed by atoms with E-state index in [-0.39, 0.29) is 12.2 Å². The zero-order chi connectivity index (χ0) is 28.0. The first-order chi connectivity index (χ1) is 19.2. The Morgan fingerprint density at radius 2 is 1.70 bits per heavy atom. The summed E-state index contributed by atoms with van der Waals surface area (Å²) in [7, 11) is 0. The van der Waals surface area contributed by atoms with Crippen molar-refractivity contribution in [1.29, 1.82) is 0 Å². The zero-order valence-electron chi connectivity index (χ0n) is 21.9. The highest BCUT2D eigenvalue weighted by atomic mass is 19.4. The van der Waals surface area contributed by atoms with Crippen LogP contribution in [0, 0.1) is 13.8 Å². The quantitative estimate of drug-likeness (QED) is 0.258. The largest absolute Gasteiger partial charge is 0.416 e. The van der Waals surface area contributed by atoms with E-state index >= 15 is 0 Å². The van der Waals surface area contributed by atoms with Crippen LogP contribution in [0.5, 0.6) is 0 Å². The fraction of sp³-hybridized carbons (Fsp3) is 0.161. The first kappa shape index (κ1) is 25.5. The predicted octanol–water partition coefficient (Wildman–Crippen LogP) is 7.44. The number of aromatic nitrogens is 3. The molecule has 1 unspecified atom stereocenters. The van der Waals surface area contributed by atoms with Crippen molar-refractivity contribution in [3.8, 4) is 11.5 Å². The van der Waals surface area contributed by atoms with Gasteiger partial charge in [-0.05, 0) is 61.9 Å². The second kappa shape index (κ2) is 9.75. The van der Waals surface area contributed by atoms with Crippen LogP contribution in [0.3, 0.4) is 0 Å². The first-order valence-corrected chi connectivity index (χ1v) is 12.8. The lowest BCUT2D eigenvalue weighted by atomic mass is 10.00. The number of amides is 2. The number of carbonyl (C=O) groups is 1. The number of anilines is 1. The van der Waals surface area contributed by atoms with Crippen molar-refractivity contribution in [3.63, 3.8) is 0 Å². The normalized spacial score (nSPS) is 14.8. The molecule has 0 bridgehead atoms. The maximum Gasteiger partial charge on any atom is 0.416 e. The van der Waals surface area contributed by atoms with Crippen LogP contribution in [0.1, 0.15) is 39.7 Å². The lowest BCUT2D eigenvalue weighted by Gasteiger charge is -2.31. The SMILES string of the molecule is Cc1cccc(C2c3cccn3-c3c(c(C)nn3-c3ccccc3)CN2C(=O)Nc2cccc(C(F)(F)F)c2)c1. The third kappa shape index (κ3) is 4.53. The van der Waals surface area contributed by atoms with Gasteiger partial charge in [-0.1, -0.05) is 54.1 Å². The predicted molar refractivity (Wildman–Crippen MR) is 147 cm³/mol. The molecule has 6 rings (SSSR count). The molecule has 9 heteroatoms. The van der Waals surface area contributed by atoms with Gasteiger partial charge in [-0.25, -0.2) is 9.48 Å². The summed E-state index contributed by atoms with van der Waals surface area (Å²) in [5.41, 5.74) is 4.47. The molecule has 0 aliphatic carbocycles. The average molecular weight is 542 g/mol. The molecular weight excluding hydrogens is 515 g/mol. The van der Waals surface area contributed by atoms with Crippen molar-refractivity contribution in [1.82, 2.24) is 19.2 Å². The van der Waals surface area contributed by atoms with Crippen LogP contribution in [0.25, 0.3) is 11.5 Å². The van der Waals surface area contributed by atoms with Crippen molar-refractivity contribution in [2.75, 3.05) is 5.32 Å². The number of hydrogen-bond donors (Lipinski definition) is 1. The Morgan fingerprint density at radius 3 is 2.45 bits per heavy atom. The van der Waals surface area contributed by atoms with Crippen LogP contribution in [0.15, 0.2) is 97.2 Å². The molecule has 202 valence electrons. The van der Waals surface area contributed by atoms with Gasteiger partial charge in [-0.15, -0.1) is 0 Å². The summed E-state index contributed by atoms with van der Waals surface area (Å²) in [5, 5.41) is 7.55. The van der Waals surface area contributed by atoms with Crippen LogP contribution in [-0.2, 0) is 12.7 Å². The molecule has 3 aromatic carbocycles. The molecule has 0 radical (unpaired) electrons. The molecule has 0 saturated carbocycles. The first-order valence-electron chi connectivity index (χ1n) is 12.8. The monoisotopic (exact) mass is 541 g/mol. The Morgan fingerprint density at radius 1 is 0.925 bits per heavy atom. The number of urea groups is 1. The molecule has 0 saturated heterocycles. The maximum atomic E-state index is 14.0. The van der Waals surface area contributed by atoms with Crippen molar-refractivity contribution < 1.29 is 18.0 Å². The number of benzene rings is 3.